The van der Waals surface area contributed by atoms with Crippen LogP contribution in [0.2, 0.25) is 5.02 Å². The van der Waals surface area contributed by atoms with Crippen LogP contribution in [0.1, 0.15) is 12.8 Å². The molecule has 0 aliphatic rings. The molecule has 106 valence electrons. The zero-order chi connectivity index (χ0) is 14.1. The third-order valence-electron chi connectivity index (χ3n) is 2.65. The molecular weight excluding hydrogens is 262 g/mol. The van der Waals surface area contributed by atoms with E-state index in [0.717, 1.165) is 25.2 Å². The molecule has 1 aromatic carbocycles. The van der Waals surface area contributed by atoms with E-state index in [2.05, 4.69) is 15.5 Å². The lowest BCUT2D eigenvalue weighted by atomic mass is 10.3. The normalized spacial score (nSPS) is 10.5. The van der Waals surface area contributed by atoms with E-state index in [1.807, 2.05) is 38.4 Å². The Bertz CT molecular complexity index is 396. The first-order chi connectivity index (χ1) is 9.09. The summed E-state index contributed by atoms with van der Waals surface area (Å²) in [6.45, 7) is 2.30. The van der Waals surface area contributed by atoms with Crippen molar-refractivity contribution in [1.29, 1.82) is 0 Å². The number of halogens is 1. The van der Waals surface area contributed by atoms with Gasteiger partial charge in [-0.2, -0.15) is 0 Å². The van der Waals surface area contributed by atoms with Crippen molar-refractivity contribution in [3.8, 4) is 0 Å². The number of carbonyl (C=O) groups excluding carboxylic acids is 1. The van der Waals surface area contributed by atoms with Gasteiger partial charge in [-0.25, -0.2) is 0 Å². The summed E-state index contributed by atoms with van der Waals surface area (Å²) in [7, 11) is 4.05. The van der Waals surface area contributed by atoms with Gasteiger partial charge < -0.3 is 15.5 Å². The number of benzene rings is 1. The highest BCUT2D eigenvalue weighted by molar-refractivity contribution is 6.33. The molecule has 2 N–H and O–H groups in total. The predicted molar refractivity (Wildman–Crippen MR) is 80.7 cm³/mol. The summed E-state index contributed by atoms with van der Waals surface area (Å²) in [5.41, 5.74) is 0.865. The summed E-state index contributed by atoms with van der Waals surface area (Å²) in [6, 6.07) is 7.52. The number of amides is 1. The zero-order valence-corrected chi connectivity index (χ0v) is 12.3. The highest BCUT2D eigenvalue weighted by atomic mass is 35.5. The SMILES string of the molecule is CN(C)CCCNC(=O)CCNc1ccccc1Cl. The van der Waals surface area contributed by atoms with Crippen LogP contribution in [0.3, 0.4) is 0 Å². The molecule has 0 unspecified atom stereocenters. The number of nitrogens with one attached hydrogen (secondary N) is 2. The van der Waals surface area contributed by atoms with Crippen LogP contribution in [-0.4, -0.2) is 44.5 Å². The highest BCUT2D eigenvalue weighted by Gasteiger charge is 2.02. The topological polar surface area (TPSA) is 44.4 Å². The lowest BCUT2D eigenvalue weighted by Gasteiger charge is -2.10. The number of rotatable bonds is 8. The maximum Gasteiger partial charge on any atom is 0.221 e. The average molecular weight is 284 g/mol. The van der Waals surface area contributed by atoms with Crippen molar-refractivity contribution in [3.63, 3.8) is 0 Å². The van der Waals surface area contributed by atoms with Crippen LogP contribution >= 0.6 is 11.6 Å². The third-order valence-corrected chi connectivity index (χ3v) is 2.98. The molecule has 0 heterocycles. The van der Waals surface area contributed by atoms with Crippen molar-refractivity contribution in [2.45, 2.75) is 12.8 Å². The molecule has 1 rings (SSSR count). The molecule has 0 aliphatic carbocycles. The molecule has 5 heteroatoms. The quantitative estimate of drug-likeness (QED) is 0.719. The Morgan fingerprint density at radius 3 is 2.68 bits per heavy atom. The minimum absolute atomic E-state index is 0.0679. The van der Waals surface area contributed by atoms with Gasteiger partial charge in [-0.15, -0.1) is 0 Å². The monoisotopic (exact) mass is 283 g/mol. The van der Waals surface area contributed by atoms with E-state index in [9.17, 15) is 4.79 Å². The van der Waals surface area contributed by atoms with Gasteiger partial charge in [0.2, 0.25) is 5.91 Å². The molecule has 4 nitrogen and oxygen atoms in total. The van der Waals surface area contributed by atoms with Crippen molar-refractivity contribution in [3.05, 3.63) is 29.3 Å². The molecule has 0 aliphatic heterocycles. The Labute approximate surface area is 120 Å². The Kier molecular flexibility index (Phi) is 7.30. The van der Waals surface area contributed by atoms with Crippen molar-refractivity contribution in [1.82, 2.24) is 10.2 Å². The first-order valence-electron chi connectivity index (χ1n) is 6.49. The molecule has 0 radical (unpaired) electrons. The van der Waals surface area contributed by atoms with Crippen molar-refractivity contribution >= 4 is 23.2 Å². The molecule has 0 fully saturated rings. The number of anilines is 1. The van der Waals surface area contributed by atoms with E-state index in [-0.39, 0.29) is 5.91 Å². The van der Waals surface area contributed by atoms with Gasteiger partial charge in [0.1, 0.15) is 0 Å². The first-order valence-corrected chi connectivity index (χ1v) is 6.87. The second-order valence-electron chi connectivity index (χ2n) is 4.66. The van der Waals surface area contributed by atoms with E-state index in [1.54, 1.807) is 0 Å². The van der Waals surface area contributed by atoms with Crippen molar-refractivity contribution in [2.24, 2.45) is 0 Å². The summed E-state index contributed by atoms with van der Waals surface area (Å²) in [4.78, 5) is 13.7. The molecule has 0 saturated heterocycles. The smallest absolute Gasteiger partial charge is 0.221 e. The van der Waals surface area contributed by atoms with Crippen molar-refractivity contribution in [2.75, 3.05) is 39.0 Å². The summed E-state index contributed by atoms with van der Waals surface area (Å²) in [6.07, 6.45) is 1.42. The molecule has 1 aromatic rings. The van der Waals surface area contributed by atoms with Crippen LogP contribution in [0.5, 0.6) is 0 Å². The molecule has 19 heavy (non-hydrogen) atoms. The maximum atomic E-state index is 11.6. The number of carbonyl (C=O) groups is 1. The molecule has 1 amide bonds. The average Bonchev–Trinajstić information content (AvgIpc) is 2.37. The number of hydrogen-bond donors (Lipinski definition) is 2. The van der Waals surface area contributed by atoms with Gasteiger partial charge in [0.25, 0.3) is 0 Å². The standard InChI is InChI=1S/C14H22ClN3O/c1-18(2)11-5-9-17-14(19)8-10-16-13-7-4-3-6-12(13)15/h3-4,6-7,16H,5,8-11H2,1-2H3,(H,17,19). The summed E-state index contributed by atoms with van der Waals surface area (Å²) >= 11 is 6.00. The summed E-state index contributed by atoms with van der Waals surface area (Å²) in [5.74, 6) is 0.0679. The molecule has 0 aromatic heterocycles. The predicted octanol–water partition coefficient (Wildman–Crippen LogP) is 2.21. The zero-order valence-electron chi connectivity index (χ0n) is 11.6. The van der Waals surface area contributed by atoms with Gasteiger partial charge in [0.15, 0.2) is 0 Å². The maximum absolute atomic E-state index is 11.6. The summed E-state index contributed by atoms with van der Waals surface area (Å²) in [5, 5.41) is 6.73. The lowest BCUT2D eigenvalue weighted by molar-refractivity contribution is -0.120. The van der Waals surface area contributed by atoms with E-state index >= 15 is 0 Å². The minimum atomic E-state index is 0.0679. The summed E-state index contributed by atoms with van der Waals surface area (Å²) < 4.78 is 0. The Morgan fingerprint density at radius 1 is 1.26 bits per heavy atom. The van der Waals surface area contributed by atoms with Gasteiger partial charge >= 0.3 is 0 Å². The second-order valence-corrected chi connectivity index (χ2v) is 5.07. The van der Waals surface area contributed by atoms with Crippen LogP contribution in [0, 0.1) is 0 Å². The number of hydrogen-bond acceptors (Lipinski definition) is 3. The molecule has 0 atom stereocenters. The van der Waals surface area contributed by atoms with E-state index in [4.69, 9.17) is 11.6 Å². The van der Waals surface area contributed by atoms with Gasteiger partial charge in [0, 0.05) is 19.5 Å². The van der Waals surface area contributed by atoms with Crippen LogP contribution < -0.4 is 10.6 Å². The van der Waals surface area contributed by atoms with Crippen LogP contribution in [0.25, 0.3) is 0 Å². The fourth-order valence-corrected chi connectivity index (χ4v) is 1.83. The van der Waals surface area contributed by atoms with Gasteiger partial charge in [-0.3, -0.25) is 4.79 Å². The number of para-hydroxylation sites is 1. The Morgan fingerprint density at radius 2 is 2.00 bits per heavy atom. The lowest BCUT2D eigenvalue weighted by Crippen LogP contribution is -2.28. The van der Waals surface area contributed by atoms with E-state index in [1.165, 1.54) is 0 Å². The molecule has 0 spiro atoms. The highest BCUT2D eigenvalue weighted by Crippen LogP contribution is 2.19. The van der Waals surface area contributed by atoms with Gasteiger partial charge in [0.05, 0.1) is 10.7 Å². The van der Waals surface area contributed by atoms with Gasteiger partial charge in [-0.05, 0) is 39.2 Å². The molecule has 0 saturated carbocycles. The van der Waals surface area contributed by atoms with E-state index < -0.39 is 0 Å². The van der Waals surface area contributed by atoms with Crippen LogP contribution in [0.4, 0.5) is 5.69 Å². The van der Waals surface area contributed by atoms with Crippen LogP contribution in [0.15, 0.2) is 24.3 Å². The van der Waals surface area contributed by atoms with Gasteiger partial charge in [-0.1, -0.05) is 23.7 Å². The van der Waals surface area contributed by atoms with Crippen LogP contribution in [-0.2, 0) is 4.79 Å². The number of nitrogens with zero attached hydrogens (tertiary/aromatic N) is 1. The third kappa shape index (κ3) is 7.03. The fourth-order valence-electron chi connectivity index (χ4n) is 1.63. The van der Waals surface area contributed by atoms with E-state index in [0.29, 0.717) is 18.0 Å². The largest absolute Gasteiger partial charge is 0.383 e. The molecular formula is C14H22ClN3O. The Balaban J connectivity index is 2.12. The first kappa shape index (κ1) is 15.8. The van der Waals surface area contributed by atoms with Crippen molar-refractivity contribution < 1.29 is 4.79 Å². The fraction of sp³-hybridized carbons (Fsp3) is 0.500. The Hall–Kier alpha value is -1.26. The molecule has 0 bridgehead atoms. The minimum Gasteiger partial charge on any atom is -0.383 e. The second kappa shape index (κ2) is 8.77.